The van der Waals surface area contributed by atoms with Crippen molar-refractivity contribution >= 4 is 41.5 Å². The smallest absolute Gasteiger partial charge is 0.423 e. The van der Waals surface area contributed by atoms with E-state index in [-0.39, 0.29) is 36.2 Å². The SMILES string of the molecule is COC(=O)N1C(=O)C2CC=C3C(CC4C(=O)N(c5ccccc5)C(=O)C4(C)C3C=Cc3ccc(O)c(OC)c3)C2C1=O. The van der Waals surface area contributed by atoms with Crippen molar-refractivity contribution in [3.8, 4) is 11.5 Å². The fourth-order valence-corrected chi connectivity index (χ4v) is 7.32. The lowest BCUT2D eigenvalue weighted by Gasteiger charge is -2.47. The summed E-state index contributed by atoms with van der Waals surface area (Å²) in [6, 6.07) is 13.6. The molecule has 5 amide bonds. The van der Waals surface area contributed by atoms with Crippen LogP contribution in [0.3, 0.4) is 0 Å². The Balaban J connectivity index is 1.47. The molecule has 2 aromatic rings. The molecule has 2 saturated heterocycles. The van der Waals surface area contributed by atoms with Gasteiger partial charge in [-0.05, 0) is 55.5 Å². The van der Waals surface area contributed by atoms with E-state index in [4.69, 9.17) is 9.47 Å². The Bertz CT molecular complexity index is 1580. The van der Waals surface area contributed by atoms with Crippen molar-refractivity contribution in [2.45, 2.75) is 19.8 Å². The lowest BCUT2D eigenvalue weighted by atomic mass is 9.52. The van der Waals surface area contributed by atoms with Crippen LogP contribution in [0.4, 0.5) is 10.5 Å². The number of phenolic OH excluding ortho intramolecular Hbond substituents is 1. The van der Waals surface area contributed by atoms with Gasteiger partial charge >= 0.3 is 6.09 Å². The molecule has 2 aliphatic heterocycles. The number of anilines is 1. The molecule has 6 rings (SSSR count). The summed E-state index contributed by atoms with van der Waals surface area (Å²) in [6.45, 7) is 1.79. The van der Waals surface area contributed by atoms with Gasteiger partial charge in [0.1, 0.15) is 0 Å². The van der Waals surface area contributed by atoms with E-state index in [9.17, 15) is 29.1 Å². The van der Waals surface area contributed by atoms with Gasteiger partial charge in [-0.25, -0.2) is 9.69 Å². The summed E-state index contributed by atoms with van der Waals surface area (Å²) in [5.74, 6) is -5.19. The van der Waals surface area contributed by atoms with Crippen molar-refractivity contribution in [2.24, 2.45) is 35.0 Å². The molecular formula is C32H30N2O8. The number of carbonyl (C=O) groups is 5. The highest BCUT2D eigenvalue weighted by Crippen LogP contribution is 2.61. The number of ether oxygens (including phenoxy) is 2. The number of rotatable bonds is 4. The number of allylic oxidation sites excluding steroid dienone is 3. The quantitative estimate of drug-likeness (QED) is 0.432. The normalized spacial score (nSPS) is 30.3. The van der Waals surface area contributed by atoms with Crippen molar-refractivity contribution in [1.82, 2.24) is 4.90 Å². The predicted octanol–water partition coefficient (Wildman–Crippen LogP) is 3.94. The second-order valence-electron chi connectivity index (χ2n) is 11.3. The molecule has 2 aliphatic carbocycles. The van der Waals surface area contributed by atoms with Crippen LogP contribution in [-0.4, -0.2) is 53.9 Å². The van der Waals surface area contributed by atoms with Crippen LogP contribution in [0.1, 0.15) is 25.3 Å². The van der Waals surface area contributed by atoms with Crippen molar-refractivity contribution < 1.29 is 38.6 Å². The molecule has 3 fully saturated rings. The largest absolute Gasteiger partial charge is 0.504 e. The highest BCUT2D eigenvalue weighted by molar-refractivity contribution is 6.24. The number of carbonyl (C=O) groups excluding carboxylic acids is 5. The highest BCUT2D eigenvalue weighted by atomic mass is 16.5. The number of methoxy groups -OCH3 is 2. The van der Waals surface area contributed by atoms with Crippen LogP contribution >= 0.6 is 0 Å². The lowest BCUT2D eigenvalue weighted by Crippen LogP contribution is -2.49. The summed E-state index contributed by atoms with van der Waals surface area (Å²) in [7, 11) is 2.56. The zero-order valence-corrected chi connectivity index (χ0v) is 23.4. The Morgan fingerprint density at radius 1 is 1.00 bits per heavy atom. The number of hydrogen-bond acceptors (Lipinski definition) is 8. The maximum atomic E-state index is 14.2. The summed E-state index contributed by atoms with van der Waals surface area (Å²) >= 11 is 0. The standard InChI is InChI=1S/C32H30N2O8/c1-32-22(13-9-17-10-14-24(35)25(15-17)41-2)19-11-12-20-26(29(38)34(27(20)36)31(40)42-3)21(19)16-23(32)28(37)33(30(32)39)18-7-5-4-6-8-18/h4-11,13-15,20-23,26,35H,12,16H2,1-3H3. The van der Waals surface area contributed by atoms with E-state index in [1.807, 2.05) is 12.2 Å². The number of nitrogens with zero attached hydrogens (tertiary/aromatic N) is 2. The van der Waals surface area contributed by atoms with E-state index in [0.29, 0.717) is 16.2 Å². The molecule has 4 aliphatic rings. The van der Waals surface area contributed by atoms with E-state index in [1.165, 1.54) is 18.1 Å². The van der Waals surface area contributed by atoms with Crippen LogP contribution in [0, 0.1) is 35.0 Å². The van der Waals surface area contributed by atoms with Crippen LogP contribution in [0.5, 0.6) is 11.5 Å². The Kier molecular flexibility index (Phi) is 6.51. The first-order chi connectivity index (χ1) is 20.1. The first-order valence-electron chi connectivity index (χ1n) is 13.8. The zero-order chi connectivity index (χ0) is 29.9. The van der Waals surface area contributed by atoms with Gasteiger partial charge in [-0.3, -0.25) is 19.2 Å². The van der Waals surface area contributed by atoms with E-state index in [1.54, 1.807) is 55.5 Å². The molecule has 1 N–H and O–H groups in total. The second-order valence-corrected chi connectivity index (χ2v) is 11.3. The molecule has 2 aromatic carbocycles. The topological polar surface area (TPSA) is 131 Å². The van der Waals surface area contributed by atoms with Gasteiger partial charge in [0, 0.05) is 5.92 Å². The fourth-order valence-electron chi connectivity index (χ4n) is 7.32. The molecule has 0 radical (unpaired) electrons. The van der Waals surface area contributed by atoms with Crippen LogP contribution in [0.15, 0.2) is 66.3 Å². The third-order valence-electron chi connectivity index (χ3n) is 9.40. The molecule has 6 unspecified atom stereocenters. The minimum Gasteiger partial charge on any atom is -0.504 e. The number of phenols is 1. The molecule has 2 heterocycles. The number of aromatic hydroxyl groups is 1. The van der Waals surface area contributed by atoms with Crippen LogP contribution in [0.25, 0.3) is 6.08 Å². The van der Waals surface area contributed by atoms with E-state index in [0.717, 1.165) is 12.7 Å². The Labute approximate surface area is 242 Å². The maximum Gasteiger partial charge on any atom is 0.423 e. The number of para-hydroxylation sites is 1. The number of hydrogen-bond donors (Lipinski definition) is 1. The van der Waals surface area contributed by atoms with Gasteiger partial charge in [0.2, 0.25) is 23.6 Å². The van der Waals surface area contributed by atoms with Crippen molar-refractivity contribution in [2.75, 3.05) is 19.1 Å². The molecule has 6 atom stereocenters. The molecule has 0 bridgehead atoms. The van der Waals surface area contributed by atoms with Crippen molar-refractivity contribution in [3.05, 3.63) is 71.8 Å². The molecule has 0 spiro atoms. The average molecular weight is 571 g/mol. The predicted molar refractivity (Wildman–Crippen MR) is 150 cm³/mol. The second kappa shape index (κ2) is 9.97. The molecular weight excluding hydrogens is 540 g/mol. The monoisotopic (exact) mass is 570 g/mol. The van der Waals surface area contributed by atoms with Gasteiger partial charge in [-0.2, -0.15) is 4.90 Å². The maximum absolute atomic E-state index is 14.2. The van der Waals surface area contributed by atoms with E-state index in [2.05, 4.69) is 0 Å². The molecule has 1 saturated carbocycles. The zero-order valence-electron chi connectivity index (χ0n) is 23.4. The van der Waals surface area contributed by atoms with E-state index >= 15 is 0 Å². The third kappa shape index (κ3) is 3.81. The van der Waals surface area contributed by atoms with Gasteiger partial charge in [0.25, 0.3) is 0 Å². The van der Waals surface area contributed by atoms with Gasteiger partial charge < -0.3 is 14.6 Å². The Morgan fingerprint density at radius 2 is 1.74 bits per heavy atom. The van der Waals surface area contributed by atoms with Gasteiger partial charge in [-0.1, -0.05) is 48.1 Å². The summed E-state index contributed by atoms with van der Waals surface area (Å²) in [5, 5.41) is 10.0. The minimum atomic E-state index is -1.17. The number of likely N-dealkylation sites (tertiary alicyclic amines) is 1. The van der Waals surface area contributed by atoms with Gasteiger partial charge in [-0.15, -0.1) is 0 Å². The lowest BCUT2D eigenvalue weighted by molar-refractivity contribution is -0.138. The molecule has 216 valence electrons. The molecule has 42 heavy (non-hydrogen) atoms. The van der Waals surface area contributed by atoms with Gasteiger partial charge in [0.05, 0.1) is 43.1 Å². The molecule has 0 aromatic heterocycles. The Hall–Kier alpha value is -4.73. The minimum absolute atomic E-state index is 0.0184. The summed E-state index contributed by atoms with van der Waals surface area (Å²) in [4.78, 5) is 69.1. The number of fused-ring (bicyclic) bond motifs is 4. The first-order valence-corrected chi connectivity index (χ1v) is 13.8. The summed E-state index contributed by atoms with van der Waals surface area (Å²) < 4.78 is 9.96. The highest BCUT2D eigenvalue weighted by Gasteiger charge is 2.67. The summed E-state index contributed by atoms with van der Waals surface area (Å²) in [6.07, 6.45) is 4.93. The van der Waals surface area contributed by atoms with Gasteiger partial charge in [0.15, 0.2) is 11.5 Å². The van der Waals surface area contributed by atoms with Crippen molar-refractivity contribution in [1.29, 1.82) is 0 Å². The molecule has 10 heteroatoms. The van der Waals surface area contributed by atoms with Crippen LogP contribution in [0.2, 0.25) is 0 Å². The number of imide groups is 4. The third-order valence-corrected chi connectivity index (χ3v) is 9.40. The Morgan fingerprint density at radius 3 is 2.43 bits per heavy atom. The summed E-state index contributed by atoms with van der Waals surface area (Å²) in [5.41, 5.74) is 0.781. The molecule has 10 nitrogen and oxygen atoms in total. The van der Waals surface area contributed by atoms with E-state index < -0.39 is 52.9 Å². The average Bonchev–Trinajstić information content (AvgIpc) is 3.37. The van der Waals surface area contributed by atoms with Crippen LogP contribution < -0.4 is 9.64 Å². The fraction of sp³-hybridized carbons (Fsp3) is 0.344. The van der Waals surface area contributed by atoms with Crippen LogP contribution in [-0.2, 0) is 23.9 Å². The number of benzene rings is 2. The number of amides is 5. The van der Waals surface area contributed by atoms with Crippen molar-refractivity contribution in [3.63, 3.8) is 0 Å². The first kappa shape index (κ1) is 27.4.